The highest BCUT2D eigenvalue weighted by Gasteiger charge is 2.36. The van der Waals surface area contributed by atoms with E-state index >= 15 is 0 Å². The summed E-state index contributed by atoms with van der Waals surface area (Å²) in [5, 5.41) is 9.34. The molecule has 3 rings (SSSR count). The average molecular weight is 259 g/mol. The van der Waals surface area contributed by atoms with Crippen LogP contribution in [0.5, 0.6) is 0 Å². The number of imide groups is 2. The van der Waals surface area contributed by atoms with Gasteiger partial charge < -0.3 is 0 Å². The van der Waals surface area contributed by atoms with Crippen LogP contribution in [0.2, 0.25) is 0 Å². The zero-order chi connectivity index (χ0) is 13.6. The highest BCUT2D eigenvalue weighted by Crippen LogP contribution is 2.28. The Bertz CT molecular complexity index is 593. The monoisotopic (exact) mass is 259 g/mol. The van der Waals surface area contributed by atoms with Gasteiger partial charge in [-0.3, -0.25) is 19.2 Å². The zero-order valence-corrected chi connectivity index (χ0v) is 9.23. The summed E-state index contributed by atoms with van der Waals surface area (Å²) >= 11 is 0. The van der Waals surface area contributed by atoms with Crippen molar-refractivity contribution in [1.29, 1.82) is 0 Å². The maximum Gasteiger partial charge on any atom is 0.259 e. The van der Waals surface area contributed by atoms with E-state index < -0.39 is 23.6 Å². The highest BCUT2D eigenvalue weighted by molar-refractivity contribution is 6.32. The SMILES string of the molecule is O=C1C=CC(=O)N1c1nn[nH]c1N1C(=O)C=CC1=O. The standard InChI is InChI=1S/C10H5N5O4/c16-5-1-2-6(17)14(5)9-10(12-13-11-9)15-7(18)3-4-8(15)19/h1-4H,(H,11,12,13). The number of anilines is 2. The van der Waals surface area contributed by atoms with E-state index in [2.05, 4.69) is 15.4 Å². The first kappa shape index (κ1) is 11.0. The Kier molecular flexibility index (Phi) is 2.14. The second-order valence-corrected chi connectivity index (χ2v) is 3.67. The van der Waals surface area contributed by atoms with Gasteiger partial charge in [-0.25, -0.2) is 14.9 Å². The van der Waals surface area contributed by atoms with Gasteiger partial charge in [0.2, 0.25) is 5.82 Å². The van der Waals surface area contributed by atoms with Crippen molar-refractivity contribution in [2.45, 2.75) is 0 Å². The average Bonchev–Trinajstić information content (AvgIpc) is 3.02. The summed E-state index contributed by atoms with van der Waals surface area (Å²) in [5.74, 6) is -2.76. The van der Waals surface area contributed by atoms with Crippen molar-refractivity contribution in [2.75, 3.05) is 9.80 Å². The molecule has 94 valence electrons. The van der Waals surface area contributed by atoms with Gasteiger partial charge in [-0.2, -0.15) is 0 Å². The van der Waals surface area contributed by atoms with E-state index in [1.165, 1.54) is 0 Å². The van der Waals surface area contributed by atoms with Gasteiger partial charge in [-0.15, -0.1) is 5.10 Å². The fourth-order valence-electron chi connectivity index (χ4n) is 1.75. The molecular formula is C10H5N5O4. The van der Waals surface area contributed by atoms with Crippen molar-refractivity contribution < 1.29 is 19.2 Å². The molecule has 0 atom stereocenters. The number of aromatic amines is 1. The molecule has 0 spiro atoms. The summed E-state index contributed by atoms with van der Waals surface area (Å²) in [4.78, 5) is 47.7. The van der Waals surface area contributed by atoms with E-state index in [9.17, 15) is 19.2 Å². The van der Waals surface area contributed by atoms with Crippen LogP contribution in [0.1, 0.15) is 0 Å². The van der Waals surface area contributed by atoms with Gasteiger partial charge >= 0.3 is 0 Å². The van der Waals surface area contributed by atoms with E-state index in [1.807, 2.05) is 0 Å². The summed E-state index contributed by atoms with van der Waals surface area (Å²) in [5.41, 5.74) is 0. The molecule has 3 heterocycles. The van der Waals surface area contributed by atoms with Crippen molar-refractivity contribution in [3.63, 3.8) is 0 Å². The van der Waals surface area contributed by atoms with Gasteiger partial charge in [0, 0.05) is 24.3 Å². The van der Waals surface area contributed by atoms with Crippen molar-refractivity contribution in [1.82, 2.24) is 15.4 Å². The van der Waals surface area contributed by atoms with Crippen molar-refractivity contribution in [3.05, 3.63) is 24.3 Å². The first-order valence-electron chi connectivity index (χ1n) is 5.13. The van der Waals surface area contributed by atoms with Crippen LogP contribution in [0.15, 0.2) is 24.3 Å². The number of carbonyl (C=O) groups excluding carboxylic acids is 4. The Morgan fingerprint density at radius 2 is 1.26 bits per heavy atom. The first-order valence-corrected chi connectivity index (χ1v) is 5.13. The molecule has 0 saturated carbocycles. The molecule has 0 fully saturated rings. The van der Waals surface area contributed by atoms with Gasteiger partial charge in [-0.05, 0) is 0 Å². The molecule has 2 aliphatic heterocycles. The summed E-state index contributed by atoms with van der Waals surface area (Å²) in [7, 11) is 0. The summed E-state index contributed by atoms with van der Waals surface area (Å²) in [6.07, 6.45) is 4.26. The molecule has 0 radical (unpaired) electrons. The van der Waals surface area contributed by atoms with Crippen molar-refractivity contribution in [3.8, 4) is 0 Å². The van der Waals surface area contributed by atoms with Gasteiger partial charge in [0.1, 0.15) is 0 Å². The van der Waals surface area contributed by atoms with Crippen LogP contribution < -0.4 is 9.80 Å². The maximum absolute atomic E-state index is 11.6. The summed E-state index contributed by atoms with van der Waals surface area (Å²) in [6.45, 7) is 0. The van der Waals surface area contributed by atoms with Gasteiger partial charge in [-0.1, -0.05) is 5.21 Å². The van der Waals surface area contributed by atoms with E-state index in [-0.39, 0.29) is 11.6 Å². The second-order valence-electron chi connectivity index (χ2n) is 3.67. The first-order chi connectivity index (χ1) is 9.09. The third kappa shape index (κ3) is 1.48. The Labute approximate surface area is 105 Å². The van der Waals surface area contributed by atoms with Crippen LogP contribution in [0.4, 0.5) is 11.6 Å². The Morgan fingerprint density at radius 1 is 0.789 bits per heavy atom. The number of nitrogens with one attached hydrogen (secondary N) is 1. The molecule has 1 aromatic heterocycles. The Balaban J connectivity index is 2.05. The Hall–Kier alpha value is -3.10. The lowest BCUT2D eigenvalue weighted by atomic mass is 10.4. The largest absolute Gasteiger partial charge is 0.269 e. The quantitative estimate of drug-likeness (QED) is 0.657. The lowest BCUT2D eigenvalue weighted by Gasteiger charge is -2.16. The van der Waals surface area contributed by atoms with Crippen LogP contribution in [-0.4, -0.2) is 39.0 Å². The zero-order valence-electron chi connectivity index (χ0n) is 9.23. The molecule has 19 heavy (non-hydrogen) atoms. The molecule has 9 heteroatoms. The minimum Gasteiger partial charge on any atom is -0.269 e. The highest BCUT2D eigenvalue weighted by atomic mass is 16.2. The molecule has 0 bridgehead atoms. The normalized spacial score (nSPS) is 18.3. The molecule has 0 aromatic carbocycles. The number of rotatable bonds is 2. The second kappa shape index (κ2) is 3.70. The molecular weight excluding hydrogens is 254 g/mol. The summed E-state index contributed by atoms with van der Waals surface area (Å²) < 4.78 is 0. The van der Waals surface area contributed by atoms with E-state index in [0.717, 1.165) is 34.1 Å². The smallest absolute Gasteiger partial charge is 0.259 e. The minimum absolute atomic E-state index is 0.120. The lowest BCUT2D eigenvalue weighted by Crippen LogP contribution is -2.35. The maximum atomic E-state index is 11.6. The molecule has 0 aliphatic carbocycles. The lowest BCUT2D eigenvalue weighted by molar-refractivity contribution is -0.122. The number of H-pyrrole nitrogens is 1. The molecule has 4 amide bonds. The molecule has 2 aliphatic rings. The topological polar surface area (TPSA) is 116 Å². The summed E-state index contributed by atoms with van der Waals surface area (Å²) in [6, 6.07) is 0. The predicted molar refractivity (Wildman–Crippen MR) is 59.6 cm³/mol. The Morgan fingerprint density at radius 3 is 1.79 bits per heavy atom. The number of amides is 4. The molecule has 0 saturated heterocycles. The van der Waals surface area contributed by atoms with E-state index in [1.54, 1.807) is 0 Å². The van der Waals surface area contributed by atoms with Crippen LogP contribution in [0.25, 0.3) is 0 Å². The number of carbonyl (C=O) groups is 4. The minimum atomic E-state index is -0.618. The number of hydrogen-bond donors (Lipinski definition) is 1. The fraction of sp³-hybridized carbons (Fsp3) is 0. The van der Waals surface area contributed by atoms with Crippen LogP contribution in [0.3, 0.4) is 0 Å². The van der Waals surface area contributed by atoms with Crippen LogP contribution >= 0.6 is 0 Å². The molecule has 9 nitrogen and oxygen atoms in total. The van der Waals surface area contributed by atoms with Crippen LogP contribution in [-0.2, 0) is 19.2 Å². The van der Waals surface area contributed by atoms with Gasteiger partial charge in [0.05, 0.1) is 0 Å². The van der Waals surface area contributed by atoms with Crippen molar-refractivity contribution in [2.24, 2.45) is 0 Å². The van der Waals surface area contributed by atoms with E-state index in [4.69, 9.17) is 0 Å². The van der Waals surface area contributed by atoms with Crippen LogP contribution in [0, 0.1) is 0 Å². The van der Waals surface area contributed by atoms with Gasteiger partial charge in [0.25, 0.3) is 23.6 Å². The predicted octanol–water partition coefficient (Wildman–Crippen LogP) is -1.34. The third-order valence-corrected chi connectivity index (χ3v) is 2.57. The van der Waals surface area contributed by atoms with Gasteiger partial charge in [0.15, 0.2) is 5.82 Å². The van der Waals surface area contributed by atoms with E-state index in [0.29, 0.717) is 0 Å². The number of hydrogen-bond acceptors (Lipinski definition) is 6. The number of nitrogens with zero attached hydrogens (tertiary/aromatic N) is 4. The number of aromatic nitrogens is 3. The van der Waals surface area contributed by atoms with Crippen molar-refractivity contribution >= 4 is 35.3 Å². The third-order valence-electron chi connectivity index (χ3n) is 2.57. The molecule has 1 N–H and O–H groups in total. The molecule has 1 aromatic rings. The fourth-order valence-corrected chi connectivity index (χ4v) is 1.75. The molecule has 0 unspecified atom stereocenters.